The molecular formula is C15H20O5. The smallest absolute Gasteiger partial charge is 0.334 e. The summed E-state index contributed by atoms with van der Waals surface area (Å²) in [6.07, 6.45) is 3.71. The van der Waals surface area contributed by atoms with E-state index in [9.17, 15) is 9.90 Å². The van der Waals surface area contributed by atoms with Gasteiger partial charge in [0.2, 0.25) is 0 Å². The molecule has 1 saturated heterocycles. The predicted molar refractivity (Wildman–Crippen MR) is 70.6 cm³/mol. The Balaban J connectivity index is 2.01. The van der Waals surface area contributed by atoms with Crippen molar-refractivity contribution < 1.29 is 24.8 Å². The summed E-state index contributed by atoms with van der Waals surface area (Å²) >= 11 is 0. The van der Waals surface area contributed by atoms with Crippen LogP contribution in [0.15, 0.2) is 23.8 Å². The molecule has 1 aliphatic heterocycles. The zero-order valence-corrected chi connectivity index (χ0v) is 11.5. The van der Waals surface area contributed by atoms with Crippen molar-refractivity contribution >= 4 is 5.97 Å². The number of aliphatic hydroxyl groups is 1. The van der Waals surface area contributed by atoms with Gasteiger partial charge in [-0.25, -0.2) is 9.68 Å². The standard InChI is InChI=1S/C15H20O5/c1-8-3-4-10(7-19-18)12-6-5-11-9(2)14(16)20-13(11)15(8,12)17/h6,8,10-11,13,17-18H,2-5,7H2,1H3. The second-order valence-electron chi connectivity index (χ2n) is 6.15. The third-order valence-corrected chi connectivity index (χ3v) is 5.21. The summed E-state index contributed by atoms with van der Waals surface area (Å²) in [4.78, 5) is 16.0. The first-order chi connectivity index (χ1) is 9.50. The molecule has 5 nitrogen and oxygen atoms in total. The largest absolute Gasteiger partial charge is 0.455 e. The van der Waals surface area contributed by atoms with E-state index in [1.54, 1.807) is 0 Å². The van der Waals surface area contributed by atoms with Crippen molar-refractivity contribution in [3.05, 3.63) is 23.8 Å². The van der Waals surface area contributed by atoms with Gasteiger partial charge >= 0.3 is 5.97 Å². The molecule has 1 saturated carbocycles. The van der Waals surface area contributed by atoms with Gasteiger partial charge < -0.3 is 9.84 Å². The van der Waals surface area contributed by atoms with Crippen molar-refractivity contribution in [3.8, 4) is 0 Å². The molecule has 0 bridgehead atoms. The summed E-state index contributed by atoms with van der Waals surface area (Å²) in [6.45, 7) is 5.92. The molecule has 2 N–H and O–H groups in total. The van der Waals surface area contributed by atoms with Crippen molar-refractivity contribution in [1.29, 1.82) is 0 Å². The number of carbonyl (C=O) groups is 1. The summed E-state index contributed by atoms with van der Waals surface area (Å²) in [5.74, 6) is -0.590. The molecule has 2 aliphatic carbocycles. The van der Waals surface area contributed by atoms with E-state index in [2.05, 4.69) is 11.5 Å². The molecule has 5 heteroatoms. The third kappa shape index (κ3) is 1.70. The Kier molecular flexibility index (Phi) is 3.23. The first kappa shape index (κ1) is 13.8. The molecule has 5 atom stereocenters. The van der Waals surface area contributed by atoms with Gasteiger partial charge in [0.1, 0.15) is 11.7 Å². The number of rotatable bonds is 2. The van der Waals surface area contributed by atoms with E-state index in [0.29, 0.717) is 12.0 Å². The van der Waals surface area contributed by atoms with E-state index in [-0.39, 0.29) is 24.4 Å². The molecule has 0 radical (unpaired) electrons. The lowest BCUT2D eigenvalue weighted by molar-refractivity contribution is -0.253. The highest BCUT2D eigenvalue weighted by Crippen LogP contribution is 2.52. The minimum atomic E-state index is -1.17. The molecule has 0 spiro atoms. The second-order valence-corrected chi connectivity index (χ2v) is 6.15. The molecule has 2 fully saturated rings. The number of hydrogen-bond acceptors (Lipinski definition) is 5. The van der Waals surface area contributed by atoms with E-state index < -0.39 is 17.7 Å². The van der Waals surface area contributed by atoms with Gasteiger partial charge in [-0.3, -0.25) is 5.26 Å². The Morgan fingerprint density at radius 3 is 3.00 bits per heavy atom. The molecule has 20 heavy (non-hydrogen) atoms. The number of carbonyl (C=O) groups excluding carboxylic acids is 1. The average molecular weight is 280 g/mol. The SMILES string of the molecule is C=C1C(=O)OC2C1CC=C1C(COO)CCC(C)C12O. The highest BCUT2D eigenvalue weighted by molar-refractivity contribution is 5.91. The van der Waals surface area contributed by atoms with E-state index >= 15 is 0 Å². The Morgan fingerprint density at radius 2 is 2.30 bits per heavy atom. The molecule has 1 heterocycles. The maximum atomic E-state index is 11.8. The van der Waals surface area contributed by atoms with E-state index in [4.69, 9.17) is 9.99 Å². The maximum absolute atomic E-state index is 11.8. The van der Waals surface area contributed by atoms with Crippen LogP contribution in [0.5, 0.6) is 0 Å². The van der Waals surface area contributed by atoms with Gasteiger partial charge in [0.15, 0.2) is 0 Å². The van der Waals surface area contributed by atoms with Crippen LogP contribution in [0.25, 0.3) is 0 Å². The number of allylic oxidation sites excluding steroid dienone is 1. The zero-order valence-electron chi connectivity index (χ0n) is 11.5. The van der Waals surface area contributed by atoms with Crippen LogP contribution in [0.3, 0.4) is 0 Å². The molecule has 0 amide bonds. The second kappa shape index (κ2) is 4.69. The zero-order chi connectivity index (χ0) is 14.5. The van der Waals surface area contributed by atoms with E-state index in [1.165, 1.54) is 0 Å². The van der Waals surface area contributed by atoms with Crippen molar-refractivity contribution in [2.24, 2.45) is 17.8 Å². The first-order valence-corrected chi connectivity index (χ1v) is 7.09. The molecule has 5 unspecified atom stereocenters. The van der Waals surface area contributed by atoms with Gasteiger partial charge in [-0.05, 0) is 30.8 Å². The fraction of sp³-hybridized carbons (Fsp3) is 0.667. The predicted octanol–water partition coefficient (Wildman–Crippen LogP) is 1.68. The summed E-state index contributed by atoms with van der Waals surface area (Å²) in [5.41, 5.74) is 0.125. The molecule has 0 aromatic heterocycles. The minimum absolute atomic E-state index is 0.00445. The Morgan fingerprint density at radius 1 is 1.55 bits per heavy atom. The topological polar surface area (TPSA) is 76.0 Å². The number of fused-ring (bicyclic) bond motifs is 3. The van der Waals surface area contributed by atoms with E-state index in [0.717, 1.165) is 18.4 Å². The molecule has 3 rings (SSSR count). The normalized spacial score (nSPS) is 43.6. The van der Waals surface area contributed by atoms with Crippen LogP contribution in [-0.4, -0.2) is 34.6 Å². The number of ether oxygens (including phenoxy) is 1. The highest BCUT2D eigenvalue weighted by atomic mass is 17.1. The van der Waals surface area contributed by atoms with Crippen LogP contribution in [0.2, 0.25) is 0 Å². The van der Waals surface area contributed by atoms with Gasteiger partial charge in [0.25, 0.3) is 0 Å². The van der Waals surface area contributed by atoms with Gasteiger partial charge in [-0.15, -0.1) is 0 Å². The molecule has 110 valence electrons. The summed E-state index contributed by atoms with van der Waals surface area (Å²) in [7, 11) is 0. The monoisotopic (exact) mass is 280 g/mol. The van der Waals surface area contributed by atoms with Crippen molar-refractivity contribution in [2.45, 2.75) is 37.9 Å². The van der Waals surface area contributed by atoms with Crippen LogP contribution in [0, 0.1) is 17.8 Å². The van der Waals surface area contributed by atoms with Crippen LogP contribution < -0.4 is 0 Å². The Labute approximate surface area is 117 Å². The fourth-order valence-corrected chi connectivity index (χ4v) is 4.00. The van der Waals surface area contributed by atoms with Crippen LogP contribution in [0.1, 0.15) is 26.2 Å². The quantitative estimate of drug-likeness (QED) is 0.265. The molecular weight excluding hydrogens is 260 g/mol. The van der Waals surface area contributed by atoms with E-state index in [1.807, 2.05) is 13.0 Å². The highest BCUT2D eigenvalue weighted by Gasteiger charge is 2.59. The third-order valence-electron chi connectivity index (χ3n) is 5.21. The Hall–Kier alpha value is -1.17. The summed E-state index contributed by atoms with van der Waals surface area (Å²) < 4.78 is 5.41. The van der Waals surface area contributed by atoms with Crippen molar-refractivity contribution in [3.63, 3.8) is 0 Å². The maximum Gasteiger partial charge on any atom is 0.334 e. The Bertz CT molecular complexity index is 483. The lowest BCUT2D eigenvalue weighted by Crippen LogP contribution is -2.57. The van der Waals surface area contributed by atoms with Crippen LogP contribution in [-0.2, 0) is 14.4 Å². The van der Waals surface area contributed by atoms with Crippen molar-refractivity contribution in [2.75, 3.05) is 6.61 Å². The van der Waals surface area contributed by atoms with Gasteiger partial charge in [-0.1, -0.05) is 19.6 Å². The lowest BCUT2D eigenvalue weighted by Gasteiger charge is -2.50. The number of hydrogen-bond donors (Lipinski definition) is 2. The molecule has 0 aromatic rings. The molecule has 0 aromatic carbocycles. The van der Waals surface area contributed by atoms with Gasteiger partial charge in [0.05, 0.1) is 6.61 Å². The summed E-state index contributed by atoms with van der Waals surface area (Å²) in [6, 6.07) is 0. The van der Waals surface area contributed by atoms with Gasteiger partial charge in [-0.2, -0.15) is 0 Å². The fourth-order valence-electron chi connectivity index (χ4n) is 4.00. The summed E-state index contributed by atoms with van der Waals surface area (Å²) in [5, 5.41) is 20.0. The average Bonchev–Trinajstić information content (AvgIpc) is 2.71. The van der Waals surface area contributed by atoms with Gasteiger partial charge in [0, 0.05) is 17.4 Å². The molecule has 3 aliphatic rings. The number of esters is 1. The minimum Gasteiger partial charge on any atom is -0.455 e. The van der Waals surface area contributed by atoms with Crippen LogP contribution >= 0.6 is 0 Å². The first-order valence-electron chi connectivity index (χ1n) is 7.09. The lowest BCUT2D eigenvalue weighted by atomic mass is 9.60. The van der Waals surface area contributed by atoms with Crippen molar-refractivity contribution in [1.82, 2.24) is 0 Å². The van der Waals surface area contributed by atoms with Crippen LogP contribution in [0.4, 0.5) is 0 Å².